The number of rotatable bonds is 4. The van der Waals surface area contributed by atoms with Crippen molar-refractivity contribution < 1.29 is 14.3 Å². The Morgan fingerprint density at radius 1 is 1.58 bits per heavy atom. The van der Waals surface area contributed by atoms with E-state index in [2.05, 4.69) is 11.8 Å². The van der Waals surface area contributed by atoms with Crippen LogP contribution in [0, 0.1) is 12.3 Å². The lowest BCUT2D eigenvalue weighted by molar-refractivity contribution is -0.153. The van der Waals surface area contributed by atoms with Crippen molar-refractivity contribution in [2.75, 3.05) is 13.1 Å². The van der Waals surface area contributed by atoms with Gasteiger partial charge in [0, 0.05) is 6.54 Å². The average Bonchev–Trinajstić information content (AvgIpc) is 2.84. The molecule has 2 heterocycles. The van der Waals surface area contributed by atoms with Crippen molar-refractivity contribution in [2.45, 2.75) is 46.1 Å². The van der Waals surface area contributed by atoms with E-state index in [0.717, 1.165) is 30.9 Å². The van der Waals surface area contributed by atoms with Gasteiger partial charge in [-0.1, -0.05) is 6.92 Å². The van der Waals surface area contributed by atoms with Crippen LogP contribution in [0.2, 0.25) is 0 Å². The molecule has 0 amide bonds. The summed E-state index contributed by atoms with van der Waals surface area (Å²) >= 11 is 0. The quantitative estimate of drug-likeness (QED) is 0.908. The zero-order valence-electron chi connectivity index (χ0n) is 12.0. The molecule has 4 nitrogen and oxygen atoms in total. The minimum atomic E-state index is -0.664. The van der Waals surface area contributed by atoms with E-state index in [0.29, 0.717) is 13.0 Å². The molecule has 2 unspecified atom stereocenters. The fraction of sp³-hybridized carbons (Fsp3) is 0.667. The monoisotopic (exact) mass is 265 g/mol. The highest BCUT2D eigenvalue weighted by Crippen LogP contribution is 2.37. The van der Waals surface area contributed by atoms with Crippen LogP contribution in [0.3, 0.4) is 0 Å². The van der Waals surface area contributed by atoms with E-state index in [-0.39, 0.29) is 6.04 Å². The van der Waals surface area contributed by atoms with Gasteiger partial charge in [-0.3, -0.25) is 9.69 Å². The zero-order valence-corrected chi connectivity index (χ0v) is 12.0. The van der Waals surface area contributed by atoms with Gasteiger partial charge in [-0.15, -0.1) is 0 Å². The molecule has 2 rings (SSSR count). The molecule has 1 saturated heterocycles. The van der Waals surface area contributed by atoms with Gasteiger partial charge < -0.3 is 9.52 Å². The molecular weight excluding hydrogens is 242 g/mol. The van der Waals surface area contributed by atoms with E-state index in [4.69, 9.17) is 4.42 Å². The molecule has 0 saturated carbocycles. The number of piperidine rings is 1. The van der Waals surface area contributed by atoms with Crippen molar-refractivity contribution in [1.82, 2.24) is 4.90 Å². The number of hydrogen-bond acceptors (Lipinski definition) is 3. The van der Waals surface area contributed by atoms with Crippen LogP contribution >= 0.6 is 0 Å². The molecule has 106 valence electrons. The molecule has 0 aromatic carbocycles. The maximum absolute atomic E-state index is 11.6. The molecule has 1 aromatic heterocycles. The van der Waals surface area contributed by atoms with Gasteiger partial charge in [0.05, 0.1) is 11.5 Å². The third-order valence-corrected chi connectivity index (χ3v) is 4.46. The number of hydrogen-bond donors (Lipinski definition) is 1. The van der Waals surface area contributed by atoms with Gasteiger partial charge in [0.25, 0.3) is 0 Å². The Balaban J connectivity index is 2.15. The second-order valence-electron chi connectivity index (χ2n) is 5.64. The first-order valence-electron chi connectivity index (χ1n) is 7.02. The Kier molecular flexibility index (Phi) is 3.99. The van der Waals surface area contributed by atoms with Crippen LogP contribution in [0.1, 0.15) is 50.7 Å². The Bertz CT molecular complexity index is 454. The summed E-state index contributed by atoms with van der Waals surface area (Å²) in [4.78, 5) is 13.8. The van der Waals surface area contributed by atoms with Gasteiger partial charge in [-0.25, -0.2) is 0 Å². The molecule has 0 radical (unpaired) electrons. The molecule has 0 aliphatic carbocycles. The predicted molar refractivity (Wildman–Crippen MR) is 73.0 cm³/mol. The van der Waals surface area contributed by atoms with Crippen LogP contribution in [0.4, 0.5) is 0 Å². The van der Waals surface area contributed by atoms with Crippen molar-refractivity contribution in [2.24, 2.45) is 5.41 Å². The summed E-state index contributed by atoms with van der Waals surface area (Å²) in [6.07, 6.45) is 2.39. The first-order valence-corrected chi connectivity index (χ1v) is 7.02. The van der Waals surface area contributed by atoms with E-state index in [1.807, 2.05) is 26.0 Å². The molecule has 4 heteroatoms. The van der Waals surface area contributed by atoms with E-state index < -0.39 is 11.4 Å². The molecule has 1 fully saturated rings. The van der Waals surface area contributed by atoms with Gasteiger partial charge in [0.15, 0.2) is 0 Å². The summed E-state index contributed by atoms with van der Waals surface area (Å²) in [7, 11) is 0. The van der Waals surface area contributed by atoms with Crippen LogP contribution in [0.15, 0.2) is 16.5 Å². The number of aliphatic carboxylic acids is 1. The molecule has 0 bridgehead atoms. The van der Waals surface area contributed by atoms with Crippen molar-refractivity contribution >= 4 is 5.97 Å². The van der Waals surface area contributed by atoms with Gasteiger partial charge in [0.2, 0.25) is 0 Å². The highest BCUT2D eigenvalue weighted by molar-refractivity contribution is 5.75. The van der Waals surface area contributed by atoms with E-state index in [1.165, 1.54) is 0 Å². The normalized spacial score (nSPS) is 26.3. The third-order valence-electron chi connectivity index (χ3n) is 4.46. The van der Waals surface area contributed by atoms with E-state index >= 15 is 0 Å². The topological polar surface area (TPSA) is 53.7 Å². The lowest BCUT2D eigenvalue weighted by Crippen LogP contribution is -2.48. The van der Waals surface area contributed by atoms with Crippen molar-refractivity contribution in [1.29, 1.82) is 0 Å². The minimum absolute atomic E-state index is 0.138. The second-order valence-corrected chi connectivity index (χ2v) is 5.64. The van der Waals surface area contributed by atoms with Gasteiger partial charge in [0.1, 0.15) is 11.5 Å². The maximum Gasteiger partial charge on any atom is 0.310 e. The van der Waals surface area contributed by atoms with Crippen LogP contribution in [0.5, 0.6) is 0 Å². The number of nitrogens with zero attached hydrogens (tertiary/aromatic N) is 1. The van der Waals surface area contributed by atoms with Gasteiger partial charge >= 0.3 is 5.97 Å². The number of aryl methyl sites for hydroxylation is 1. The van der Waals surface area contributed by atoms with Crippen LogP contribution < -0.4 is 0 Å². The summed E-state index contributed by atoms with van der Waals surface area (Å²) < 4.78 is 5.67. The molecule has 1 aliphatic rings. The first-order chi connectivity index (χ1) is 8.98. The molecule has 1 aliphatic heterocycles. The SMILES string of the molecule is CCC1(C(=O)O)CCCN(C(C)c2ccc(C)o2)C1. The molecule has 2 atom stereocenters. The van der Waals surface area contributed by atoms with Gasteiger partial charge in [-0.05, 0) is 51.8 Å². The summed E-state index contributed by atoms with van der Waals surface area (Å²) in [6.45, 7) is 7.54. The molecular formula is C15H23NO3. The Morgan fingerprint density at radius 2 is 2.32 bits per heavy atom. The Labute approximate surface area is 114 Å². The lowest BCUT2D eigenvalue weighted by Gasteiger charge is -2.41. The van der Waals surface area contributed by atoms with Crippen LogP contribution in [-0.4, -0.2) is 29.1 Å². The highest BCUT2D eigenvalue weighted by atomic mass is 16.4. The van der Waals surface area contributed by atoms with Crippen LogP contribution in [-0.2, 0) is 4.79 Å². The second kappa shape index (κ2) is 5.37. The molecule has 1 N–H and O–H groups in total. The van der Waals surface area contributed by atoms with Crippen molar-refractivity contribution in [3.8, 4) is 0 Å². The largest absolute Gasteiger partial charge is 0.481 e. The van der Waals surface area contributed by atoms with Gasteiger partial charge in [-0.2, -0.15) is 0 Å². The summed E-state index contributed by atoms with van der Waals surface area (Å²) in [5, 5.41) is 9.51. The fourth-order valence-corrected chi connectivity index (χ4v) is 2.97. The minimum Gasteiger partial charge on any atom is -0.481 e. The van der Waals surface area contributed by atoms with E-state index in [9.17, 15) is 9.90 Å². The van der Waals surface area contributed by atoms with Crippen LogP contribution in [0.25, 0.3) is 0 Å². The lowest BCUT2D eigenvalue weighted by atomic mass is 9.77. The average molecular weight is 265 g/mol. The number of likely N-dealkylation sites (tertiary alicyclic amines) is 1. The fourth-order valence-electron chi connectivity index (χ4n) is 2.97. The smallest absolute Gasteiger partial charge is 0.310 e. The summed E-state index contributed by atoms with van der Waals surface area (Å²) in [6, 6.07) is 4.09. The van der Waals surface area contributed by atoms with E-state index in [1.54, 1.807) is 0 Å². The molecule has 19 heavy (non-hydrogen) atoms. The molecule has 0 spiro atoms. The zero-order chi connectivity index (χ0) is 14.0. The summed E-state index contributed by atoms with van der Waals surface area (Å²) in [5.74, 6) is 1.16. The maximum atomic E-state index is 11.6. The first kappa shape index (κ1) is 14.1. The summed E-state index contributed by atoms with van der Waals surface area (Å²) in [5.41, 5.74) is -0.589. The van der Waals surface area contributed by atoms with Crippen molar-refractivity contribution in [3.05, 3.63) is 23.7 Å². The number of carboxylic acids is 1. The van der Waals surface area contributed by atoms with Crippen molar-refractivity contribution in [3.63, 3.8) is 0 Å². The molecule has 1 aromatic rings. The third kappa shape index (κ3) is 2.68. The number of furan rings is 1. The standard InChI is InChI=1S/C15H23NO3/c1-4-15(14(17)18)8-5-9-16(10-15)12(3)13-7-6-11(2)19-13/h6-7,12H,4-5,8-10H2,1-3H3,(H,17,18). The number of carboxylic acid groups (broad SMARTS) is 1. The Hall–Kier alpha value is -1.29. The number of carbonyl (C=O) groups is 1. The highest BCUT2D eigenvalue weighted by Gasteiger charge is 2.42. The Morgan fingerprint density at radius 3 is 2.84 bits per heavy atom. The predicted octanol–water partition coefficient (Wildman–Crippen LogP) is 3.23.